The van der Waals surface area contributed by atoms with Crippen molar-refractivity contribution in [2.75, 3.05) is 5.73 Å². The van der Waals surface area contributed by atoms with E-state index in [1.165, 1.54) is 18.6 Å². The molecule has 0 bridgehead atoms. The van der Waals surface area contributed by atoms with Gasteiger partial charge in [-0.05, 0) is 18.2 Å². The predicted molar refractivity (Wildman–Crippen MR) is 66.8 cm³/mol. The summed E-state index contributed by atoms with van der Waals surface area (Å²) in [5, 5.41) is 0. The van der Waals surface area contributed by atoms with Crippen molar-refractivity contribution in [3.8, 4) is 0 Å². The summed E-state index contributed by atoms with van der Waals surface area (Å²) >= 11 is 0. The van der Waals surface area contributed by atoms with Gasteiger partial charge in [0.2, 0.25) is 10.0 Å². The summed E-state index contributed by atoms with van der Waals surface area (Å²) in [6.07, 6.45) is 2.69. The number of nitrogens with two attached hydrogens (primary N) is 1. The summed E-state index contributed by atoms with van der Waals surface area (Å²) in [6.45, 7) is -0.151. The van der Waals surface area contributed by atoms with Crippen molar-refractivity contribution >= 4 is 15.7 Å². The molecule has 0 radical (unpaired) electrons. The molecule has 0 fully saturated rings. The van der Waals surface area contributed by atoms with Crippen molar-refractivity contribution in [3.63, 3.8) is 0 Å². The zero-order valence-corrected chi connectivity index (χ0v) is 10.9. The number of nitrogens with one attached hydrogen (secondary N) is 1. The third kappa shape index (κ3) is 2.89. The third-order valence-corrected chi connectivity index (χ3v) is 3.89. The van der Waals surface area contributed by atoms with E-state index in [2.05, 4.69) is 14.7 Å². The second-order valence-electron chi connectivity index (χ2n) is 3.80. The van der Waals surface area contributed by atoms with Crippen LogP contribution in [0.5, 0.6) is 0 Å². The van der Waals surface area contributed by atoms with Gasteiger partial charge in [-0.1, -0.05) is 0 Å². The average Bonchev–Trinajstić information content (AvgIpc) is 2.44. The highest BCUT2D eigenvalue weighted by atomic mass is 32.2. The van der Waals surface area contributed by atoms with Gasteiger partial charge in [0.05, 0.1) is 12.2 Å². The number of aromatic nitrogens is 2. The molecule has 2 aromatic rings. The Morgan fingerprint density at radius 3 is 2.65 bits per heavy atom. The van der Waals surface area contributed by atoms with E-state index in [1.54, 1.807) is 0 Å². The number of rotatable bonds is 4. The van der Waals surface area contributed by atoms with Crippen molar-refractivity contribution in [3.05, 3.63) is 48.1 Å². The van der Waals surface area contributed by atoms with Crippen LogP contribution in [0, 0.1) is 11.6 Å². The van der Waals surface area contributed by atoms with E-state index in [0.717, 1.165) is 12.1 Å². The number of benzene rings is 1. The van der Waals surface area contributed by atoms with Gasteiger partial charge in [0.1, 0.15) is 22.7 Å². The van der Waals surface area contributed by atoms with Crippen molar-refractivity contribution in [2.45, 2.75) is 11.4 Å². The average molecular weight is 300 g/mol. The number of hydrogen-bond acceptors (Lipinski definition) is 5. The van der Waals surface area contributed by atoms with E-state index in [-0.39, 0.29) is 6.54 Å². The van der Waals surface area contributed by atoms with Crippen LogP contribution in [-0.4, -0.2) is 18.4 Å². The molecule has 0 saturated carbocycles. The molecule has 106 valence electrons. The first-order valence-corrected chi connectivity index (χ1v) is 6.88. The quantitative estimate of drug-likeness (QED) is 0.814. The molecule has 0 amide bonds. The Hall–Kier alpha value is -2.13. The first-order chi connectivity index (χ1) is 9.42. The predicted octanol–water partition coefficient (Wildman–Crippen LogP) is 0.816. The van der Waals surface area contributed by atoms with E-state index in [1.807, 2.05) is 0 Å². The SMILES string of the molecule is Nc1c(F)ccc(S(=O)(=O)NCc2ccncn2)c1F. The second-order valence-corrected chi connectivity index (χ2v) is 5.53. The van der Waals surface area contributed by atoms with Crippen LogP contribution in [0.3, 0.4) is 0 Å². The Kier molecular flexibility index (Phi) is 3.91. The zero-order chi connectivity index (χ0) is 14.8. The molecular formula is C11H10F2N4O2S. The highest BCUT2D eigenvalue weighted by Crippen LogP contribution is 2.22. The minimum atomic E-state index is -4.16. The van der Waals surface area contributed by atoms with Crippen LogP contribution in [0.2, 0.25) is 0 Å². The van der Waals surface area contributed by atoms with Crippen LogP contribution in [0.4, 0.5) is 14.5 Å². The number of nitrogen functional groups attached to an aromatic ring is 1. The lowest BCUT2D eigenvalue weighted by atomic mass is 10.3. The molecule has 2 rings (SSSR count). The molecular weight excluding hydrogens is 290 g/mol. The Morgan fingerprint density at radius 1 is 1.25 bits per heavy atom. The molecule has 6 nitrogen and oxygen atoms in total. The first kappa shape index (κ1) is 14.3. The standard InChI is InChI=1S/C11H10F2N4O2S/c12-8-1-2-9(10(13)11(8)14)20(18,19)17-5-7-3-4-15-6-16-7/h1-4,6,17H,5,14H2. The van der Waals surface area contributed by atoms with Crippen molar-refractivity contribution in [2.24, 2.45) is 0 Å². The highest BCUT2D eigenvalue weighted by molar-refractivity contribution is 7.89. The minimum Gasteiger partial charge on any atom is -0.394 e. The summed E-state index contributed by atoms with van der Waals surface area (Å²) < 4.78 is 52.7. The smallest absolute Gasteiger partial charge is 0.243 e. The van der Waals surface area contributed by atoms with Crippen LogP contribution in [-0.2, 0) is 16.6 Å². The maximum Gasteiger partial charge on any atom is 0.243 e. The third-order valence-electron chi connectivity index (χ3n) is 2.47. The van der Waals surface area contributed by atoms with E-state index in [9.17, 15) is 17.2 Å². The largest absolute Gasteiger partial charge is 0.394 e. The van der Waals surface area contributed by atoms with Crippen molar-refractivity contribution in [1.29, 1.82) is 0 Å². The number of hydrogen-bond donors (Lipinski definition) is 2. The van der Waals surface area contributed by atoms with Crippen LogP contribution < -0.4 is 10.5 Å². The van der Waals surface area contributed by atoms with Gasteiger partial charge in [0, 0.05) is 6.20 Å². The molecule has 0 aliphatic rings. The van der Waals surface area contributed by atoms with Gasteiger partial charge < -0.3 is 5.73 Å². The lowest BCUT2D eigenvalue weighted by molar-refractivity contribution is 0.547. The number of sulfonamides is 1. The highest BCUT2D eigenvalue weighted by Gasteiger charge is 2.22. The van der Waals surface area contributed by atoms with Crippen LogP contribution >= 0.6 is 0 Å². The first-order valence-electron chi connectivity index (χ1n) is 5.40. The molecule has 1 aromatic carbocycles. The van der Waals surface area contributed by atoms with E-state index in [4.69, 9.17) is 5.73 Å². The Bertz CT molecular complexity index is 723. The molecule has 1 aromatic heterocycles. The van der Waals surface area contributed by atoms with Crippen LogP contribution in [0.1, 0.15) is 5.69 Å². The molecule has 0 aliphatic carbocycles. The fraction of sp³-hybridized carbons (Fsp3) is 0.0909. The normalized spacial score (nSPS) is 11.5. The maximum absolute atomic E-state index is 13.7. The van der Waals surface area contributed by atoms with Gasteiger partial charge in [-0.3, -0.25) is 0 Å². The molecule has 0 aliphatic heterocycles. The fourth-order valence-corrected chi connectivity index (χ4v) is 2.51. The van der Waals surface area contributed by atoms with Gasteiger partial charge in [-0.25, -0.2) is 31.9 Å². The van der Waals surface area contributed by atoms with E-state index < -0.39 is 32.2 Å². The monoisotopic (exact) mass is 300 g/mol. The van der Waals surface area contributed by atoms with Gasteiger partial charge >= 0.3 is 0 Å². The number of halogens is 2. The van der Waals surface area contributed by atoms with Gasteiger partial charge in [-0.2, -0.15) is 0 Å². The fourth-order valence-electron chi connectivity index (χ4n) is 1.43. The summed E-state index contributed by atoms with van der Waals surface area (Å²) in [7, 11) is -4.16. The van der Waals surface area contributed by atoms with Crippen LogP contribution in [0.25, 0.3) is 0 Å². The molecule has 9 heteroatoms. The second kappa shape index (κ2) is 5.47. The summed E-state index contributed by atoms with van der Waals surface area (Å²) in [5.74, 6) is -2.34. The molecule has 1 heterocycles. The van der Waals surface area contributed by atoms with E-state index in [0.29, 0.717) is 5.69 Å². The Labute approximate surface area is 113 Å². The summed E-state index contributed by atoms with van der Waals surface area (Å²) in [6, 6.07) is 3.10. The van der Waals surface area contributed by atoms with Crippen molar-refractivity contribution < 1.29 is 17.2 Å². The number of anilines is 1. The molecule has 0 unspecified atom stereocenters. The molecule has 3 N–H and O–H groups in total. The van der Waals surface area contributed by atoms with Gasteiger partial charge in [0.25, 0.3) is 0 Å². The zero-order valence-electron chi connectivity index (χ0n) is 10.0. The summed E-state index contributed by atoms with van der Waals surface area (Å²) in [5.41, 5.74) is 4.69. The minimum absolute atomic E-state index is 0.151. The van der Waals surface area contributed by atoms with Crippen molar-refractivity contribution in [1.82, 2.24) is 14.7 Å². The van der Waals surface area contributed by atoms with Gasteiger partial charge in [-0.15, -0.1) is 0 Å². The molecule has 0 atom stereocenters. The Morgan fingerprint density at radius 2 is 2.00 bits per heavy atom. The Balaban J connectivity index is 2.25. The van der Waals surface area contributed by atoms with Crippen LogP contribution in [0.15, 0.2) is 35.6 Å². The van der Waals surface area contributed by atoms with E-state index >= 15 is 0 Å². The lowest BCUT2D eigenvalue weighted by Crippen LogP contribution is -2.25. The number of nitrogens with zero attached hydrogens (tertiary/aromatic N) is 2. The maximum atomic E-state index is 13.7. The topological polar surface area (TPSA) is 98.0 Å². The lowest BCUT2D eigenvalue weighted by Gasteiger charge is -2.09. The molecule has 0 saturated heterocycles. The summed E-state index contributed by atoms with van der Waals surface area (Å²) in [4.78, 5) is 6.77. The molecule has 0 spiro atoms. The molecule has 20 heavy (non-hydrogen) atoms. The van der Waals surface area contributed by atoms with Gasteiger partial charge in [0.15, 0.2) is 5.82 Å².